The molecule has 1 amide bonds. The maximum atomic E-state index is 13.1. The molecule has 2 aliphatic carbocycles. The summed E-state index contributed by atoms with van der Waals surface area (Å²) in [5, 5.41) is 6.30. The van der Waals surface area contributed by atoms with E-state index in [1.807, 2.05) is 13.0 Å². The maximum absolute atomic E-state index is 13.1. The lowest BCUT2D eigenvalue weighted by atomic mass is 9.82. The van der Waals surface area contributed by atoms with Crippen LogP contribution in [0.4, 0.5) is 5.69 Å². The Morgan fingerprint density at radius 3 is 2.31 bits per heavy atom. The summed E-state index contributed by atoms with van der Waals surface area (Å²) in [6.07, 6.45) is 9.62. The Labute approximate surface area is 188 Å². The van der Waals surface area contributed by atoms with Crippen molar-refractivity contribution in [3.63, 3.8) is 0 Å². The lowest BCUT2D eigenvalue weighted by Gasteiger charge is -2.30. The van der Waals surface area contributed by atoms with Gasteiger partial charge in [-0.25, -0.2) is 4.79 Å². The first kappa shape index (κ1) is 22.4. The molecule has 1 heterocycles. The number of carbonyl (C=O) groups is 1. The molecule has 1 atom stereocenters. The van der Waals surface area contributed by atoms with Gasteiger partial charge in [-0.2, -0.15) is 0 Å². The van der Waals surface area contributed by atoms with Crippen molar-refractivity contribution in [2.24, 2.45) is 5.92 Å². The molecule has 32 heavy (non-hydrogen) atoms. The molecule has 0 radical (unpaired) electrons. The van der Waals surface area contributed by atoms with E-state index in [9.17, 15) is 14.4 Å². The molecular weight excluding hydrogens is 404 g/mol. The summed E-state index contributed by atoms with van der Waals surface area (Å²) in [7, 11) is 0. The van der Waals surface area contributed by atoms with Gasteiger partial charge in [-0.15, -0.1) is 0 Å². The molecule has 0 unspecified atom stereocenters. The van der Waals surface area contributed by atoms with E-state index in [1.165, 1.54) is 24.8 Å². The van der Waals surface area contributed by atoms with E-state index >= 15 is 0 Å². The van der Waals surface area contributed by atoms with Crippen molar-refractivity contribution >= 4 is 11.6 Å². The molecule has 2 aromatic rings. The van der Waals surface area contributed by atoms with E-state index in [0.29, 0.717) is 11.8 Å². The molecule has 7 heteroatoms. The highest BCUT2D eigenvalue weighted by atomic mass is 16.2. The lowest BCUT2D eigenvalue weighted by Crippen LogP contribution is -2.41. The van der Waals surface area contributed by atoms with E-state index in [0.717, 1.165) is 38.5 Å². The van der Waals surface area contributed by atoms with Gasteiger partial charge in [-0.1, -0.05) is 49.6 Å². The zero-order valence-electron chi connectivity index (χ0n) is 18.8. The molecule has 2 fully saturated rings. The summed E-state index contributed by atoms with van der Waals surface area (Å²) in [6.45, 7) is 2.05. The second-order valence-electron chi connectivity index (χ2n) is 9.42. The zero-order valence-corrected chi connectivity index (χ0v) is 18.8. The summed E-state index contributed by atoms with van der Waals surface area (Å²) in [4.78, 5) is 42.4. The van der Waals surface area contributed by atoms with E-state index in [1.54, 1.807) is 0 Å². The minimum atomic E-state index is -0.663. The van der Waals surface area contributed by atoms with Crippen LogP contribution in [0.15, 0.2) is 39.9 Å². The molecule has 4 rings (SSSR count). The van der Waals surface area contributed by atoms with Crippen LogP contribution in [0.3, 0.4) is 0 Å². The molecule has 0 aliphatic heterocycles. The number of benzene rings is 1. The van der Waals surface area contributed by atoms with E-state index in [4.69, 9.17) is 0 Å². The fraction of sp³-hybridized carbons (Fsp3) is 0.560. The first-order valence-electron chi connectivity index (χ1n) is 12.0. The van der Waals surface area contributed by atoms with Crippen LogP contribution in [0, 0.1) is 5.92 Å². The van der Waals surface area contributed by atoms with Gasteiger partial charge in [0.05, 0.1) is 0 Å². The molecule has 1 aromatic heterocycles. The maximum Gasteiger partial charge on any atom is 0.326 e. The Balaban J connectivity index is 1.43. The summed E-state index contributed by atoms with van der Waals surface area (Å²) >= 11 is 0. The third-order valence-corrected chi connectivity index (χ3v) is 7.23. The minimum Gasteiger partial charge on any atom is -0.376 e. The summed E-state index contributed by atoms with van der Waals surface area (Å²) in [6, 6.07) is 10.6. The van der Waals surface area contributed by atoms with Crippen LogP contribution in [0.2, 0.25) is 0 Å². The Hall–Kier alpha value is -2.83. The molecule has 4 N–H and O–H groups in total. The van der Waals surface area contributed by atoms with Crippen LogP contribution in [-0.2, 0) is 0 Å². The van der Waals surface area contributed by atoms with Crippen LogP contribution in [0.5, 0.6) is 0 Å². The predicted molar refractivity (Wildman–Crippen MR) is 126 cm³/mol. The topological polar surface area (TPSA) is 107 Å². The van der Waals surface area contributed by atoms with Gasteiger partial charge in [-0.3, -0.25) is 14.6 Å². The number of aromatic amines is 2. The number of carbonyl (C=O) groups excluding carboxylic acids is 1. The average Bonchev–Trinajstić information content (AvgIpc) is 2.82. The number of amides is 1. The molecule has 0 bridgehead atoms. The highest BCUT2D eigenvalue weighted by Gasteiger charge is 2.27. The van der Waals surface area contributed by atoms with Crippen LogP contribution < -0.4 is 21.9 Å². The normalized spacial score (nSPS) is 22.8. The molecule has 0 saturated heterocycles. The van der Waals surface area contributed by atoms with Crippen LogP contribution in [0.1, 0.15) is 86.7 Å². The Kier molecular flexibility index (Phi) is 7.12. The van der Waals surface area contributed by atoms with Gasteiger partial charge in [-0.05, 0) is 62.8 Å². The number of nitrogens with one attached hydrogen (secondary N) is 4. The average molecular weight is 439 g/mol. The van der Waals surface area contributed by atoms with Gasteiger partial charge >= 0.3 is 5.69 Å². The number of H-pyrrole nitrogens is 2. The lowest BCUT2D eigenvalue weighted by molar-refractivity contribution is 0.0921. The van der Waals surface area contributed by atoms with Gasteiger partial charge in [0.15, 0.2) is 0 Å². The largest absolute Gasteiger partial charge is 0.376 e. The summed E-state index contributed by atoms with van der Waals surface area (Å²) in [5.41, 5.74) is 0.335. The van der Waals surface area contributed by atoms with Crippen molar-refractivity contribution < 1.29 is 4.79 Å². The van der Waals surface area contributed by atoms with E-state index in [2.05, 4.69) is 44.9 Å². The van der Waals surface area contributed by atoms with Crippen molar-refractivity contribution in [1.29, 1.82) is 0 Å². The Morgan fingerprint density at radius 1 is 0.938 bits per heavy atom. The van der Waals surface area contributed by atoms with Crippen molar-refractivity contribution in [1.82, 2.24) is 15.3 Å². The Morgan fingerprint density at radius 2 is 1.62 bits per heavy atom. The van der Waals surface area contributed by atoms with E-state index < -0.39 is 17.2 Å². The second-order valence-corrected chi connectivity index (χ2v) is 9.42. The molecule has 0 spiro atoms. The highest BCUT2D eigenvalue weighted by Crippen LogP contribution is 2.33. The Bertz CT molecular complexity index is 1020. The zero-order chi connectivity index (χ0) is 22.5. The predicted octanol–water partition coefficient (Wildman–Crippen LogP) is 3.90. The second kappa shape index (κ2) is 10.2. The van der Waals surface area contributed by atoms with Crippen molar-refractivity contribution in [2.45, 2.75) is 82.7 Å². The number of anilines is 1. The molecule has 172 valence electrons. The molecule has 1 aromatic carbocycles. The third kappa shape index (κ3) is 5.31. The van der Waals surface area contributed by atoms with Crippen LogP contribution in [0.25, 0.3) is 0 Å². The van der Waals surface area contributed by atoms with Crippen molar-refractivity contribution in [3.05, 3.63) is 62.4 Å². The highest BCUT2D eigenvalue weighted by molar-refractivity contribution is 5.97. The van der Waals surface area contributed by atoms with E-state index in [-0.39, 0.29) is 23.5 Å². The summed E-state index contributed by atoms with van der Waals surface area (Å²) in [5.74, 6) is 0.575. The number of rotatable bonds is 6. The number of hydrogen-bond acceptors (Lipinski definition) is 4. The van der Waals surface area contributed by atoms with Gasteiger partial charge in [0, 0.05) is 12.1 Å². The SMILES string of the molecule is C[C@H](Nc1c(C(=O)N[C@H]2CC[C@@H](c3ccccc3)CC2)[nH]c(=O)[nH]c1=O)C1CCCCC1. The smallest absolute Gasteiger partial charge is 0.326 e. The van der Waals surface area contributed by atoms with Gasteiger partial charge in [0.25, 0.3) is 11.5 Å². The first-order valence-corrected chi connectivity index (χ1v) is 12.0. The van der Waals surface area contributed by atoms with Gasteiger partial charge in [0.1, 0.15) is 11.4 Å². The molecule has 2 saturated carbocycles. The number of hydrogen-bond donors (Lipinski definition) is 4. The van der Waals surface area contributed by atoms with Crippen LogP contribution >= 0.6 is 0 Å². The first-order chi connectivity index (χ1) is 15.5. The van der Waals surface area contributed by atoms with Crippen LogP contribution in [-0.4, -0.2) is 28.0 Å². The third-order valence-electron chi connectivity index (χ3n) is 7.23. The fourth-order valence-corrected chi connectivity index (χ4v) is 5.33. The van der Waals surface area contributed by atoms with Gasteiger partial charge in [0.2, 0.25) is 0 Å². The monoisotopic (exact) mass is 438 g/mol. The quantitative estimate of drug-likeness (QED) is 0.549. The summed E-state index contributed by atoms with van der Waals surface area (Å²) < 4.78 is 0. The van der Waals surface area contributed by atoms with Crippen molar-refractivity contribution in [2.75, 3.05) is 5.32 Å². The fourth-order valence-electron chi connectivity index (χ4n) is 5.33. The minimum absolute atomic E-state index is 0.0339. The number of aromatic nitrogens is 2. The standard InChI is InChI=1S/C25H34N4O3/c1-16(17-8-4-2-5-9-17)26-21-22(28-25(32)29-24(21)31)23(30)27-20-14-12-19(13-15-20)18-10-6-3-7-11-18/h3,6-7,10-11,16-17,19-20,26H,2,4-5,8-9,12-15H2,1H3,(H,27,30)(H2,28,29,31,32)/t16-,19-,20+/m0/s1. The van der Waals surface area contributed by atoms with Crippen molar-refractivity contribution in [3.8, 4) is 0 Å². The molecule has 7 nitrogen and oxygen atoms in total. The molecular formula is C25H34N4O3. The van der Waals surface area contributed by atoms with Gasteiger partial charge < -0.3 is 15.6 Å². The molecule has 2 aliphatic rings.